The molecule has 84 valence electrons. The Morgan fingerprint density at radius 1 is 1.40 bits per heavy atom. The number of ether oxygens (including phenoxy) is 1. The minimum absolute atomic E-state index is 0.00302. The molecule has 0 aliphatic rings. The second kappa shape index (κ2) is 6.98. The van der Waals surface area contributed by atoms with E-state index in [4.69, 9.17) is 4.74 Å². The van der Waals surface area contributed by atoms with Crippen molar-refractivity contribution >= 4 is 0 Å². The standard InChI is InChI=1S/C12H16F2O/c1-5-10(6-2)7-11(14)8-12(15-4)9(3)13/h5-7H,1,8H2,2-4H3/b10-6-,11-7+,12-9-. The number of methoxy groups -OCH3 is 1. The van der Waals surface area contributed by atoms with Crippen molar-refractivity contribution in [3.63, 3.8) is 0 Å². The zero-order valence-corrected chi connectivity index (χ0v) is 9.31. The lowest BCUT2D eigenvalue weighted by Gasteiger charge is -2.04. The SMILES string of the molecule is C=CC(=C/C)/C=C(/F)C/C(OC)=C(\C)F. The molecule has 0 spiro atoms. The fourth-order valence-electron chi connectivity index (χ4n) is 0.980. The van der Waals surface area contributed by atoms with Crippen LogP contribution < -0.4 is 0 Å². The van der Waals surface area contributed by atoms with Crippen molar-refractivity contribution in [2.24, 2.45) is 0 Å². The van der Waals surface area contributed by atoms with E-state index >= 15 is 0 Å². The minimum atomic E-state index is -0.512. The average Bonchev–Trinajstić information content (AvgIpc) is 2.22. The fraction of sp³-hybridized carbons (Fsp3) is 0.333. The largest absolute Gasteiger partial charge is 0.498 e. The van der Waals surface area contributed by atoms with Crippen molar-refractivity contribution in [1.82, 2.24) is 0 Å². The molecule has 0 aliphatic carbocycles. The maximum absolute atomic E-state index is 13.3. The summed E-state index contributed by atoms with van der Waals surface area (Å²) in [6, 6.07) is 0. The molecule has 0 bridgehead atoms. The summed E-state index contributed by atoms with van der Waals surface area (Å²) in [7, 11) is 1.32. The molecule has 0 unspecified atom stereocenters. The van der Waals surface area contributed by atoms with E-state index in [0.29, 0.717) is 5.57 Å². The smallest absolute Gasteiger partial charge is 0.135 e. The van der Waals surface area contributed by atoms with Gasteiger partial charge in [0.15, 0.2) is 0 Å². The van der Waals surface area contributed by atoms with Crippen LogP contribution in [0.4, 0.5) is 8.78 Å². The molecule has 0 N–H and O–H groups in total. The summed E-state index contributed by atoms with van der Waals surface area (Å²) in [6.07, 6.45) is 4.36. The first kappa shape index (κ1) is 13.6. The van der Waals surface area contributed by atoms with Gasteiger partial charge in [0.1, 0.15) is 17.4 Å². The van der Waals surface area contributed by atoms with Gasteiger partial charge in [0, 0.05) is 0 Å². The highest BCUT2D eigenvalue weighted by molar-refractivity contribution is 5.30. The third-order valence-corrected chi connectivity index (χ3v) is 1.85. The van der Waals surface area contributed by atoms with Crippen molar-refractivity contribution in [2.75, 3.05) is 7.11 Å². The molecule has 0 rings (SSSR count). The van der Waals surface area contributed by atoms with Gasteiger partial charge in [0.05, 0.1) is 13.5 Å². The predicted molar refractivity (Wildman–Crippen MR) is 58.6 cm³/mol. The maximum atomic E-state index is 13.3. The van der Waals surface area contributed by atoms with Crippen molar-refractivity contribution in [1.29, 1.82) is 0 Å². The quantitative estimate of drug-likeness (QED) is 0.492. The van der Waals surface area contributed by atoms with Crippen LogP contribution in [0, 0.1) is 0 Å². The molecule has 0 aromatic heterocycles. The number of allylic oxidation sites excluding steroid dienone is 6. The van der Waals surface area contributed by atoms with Crippen LogP contribution in [0.5, 0.6) is 0 Å². The molecule has 1 nitrogen and oxygen atoms in total. The molecule has 0 heterocycles. The van der Waals surface area contributed by atoms with E-state index in [0.717, 1.165) is 0 Å². The molecular weight excluding hydrogens is 198 g/mol. The van der Waals surface area contributed by atoms with Gasteiger partial charge in [-0.1, -0.05) is 18.7 Å². The lowest BCUT2D eigenvalue weighted by atomic mass is 10.2. The molecular formula is C12H16F2O. The molecule has 0 saturated carbocycles. The summed E-state index contributed by atoms with van der Waals surface area (Å²) in [6.45, 7) is 6.53. The third kappa shape index (κ3) is 5.15. The van der Waals surface area contributed by atoms with Gasteiger partial charge in [0.25, 0.3) is 0 Å². The number of halogens is 2. The highest BCUT2D eigenvalue weighted by Gasteiger charge is 2.06. The van der Waals surface area contributed by atoms with Crippen LogP contribution in [0.3, 0.4) is 0 Å². The Bertz CT molecular complexity index is 308. The highest BCUT2D eigenvalue weighted by Crippen LogP contribution is 2.19. The van der Waals surface area contributed by atoms with Gasteiger partial charge in [-0.3, -0.25) is 0 Å². The first-order valence-electron chi connectivity index (χ1n) is 4.59. The van der Waals surface area contributed by atoms with Gasteiger partial charge in [-0.2, -0.15) is 0 Å². The van der Waals surface area contributed by atoms with Crippen LogP contribution in [0.15, 0.2) is 47.8 Å². The van der Waals surface area contributed by atoms with Gasteiger partial charge >= 0.3 is 0 Å². The molecule has 0 atom stereocenters. The van der Waals surface area contributed by atoms with Crippen LogP contribution in [0.1, 0.15) is 20.3 Å². The molecule has 15 heavy (non-hydrogen) atoms. The molecule has 0 fully saturated rings. The topological polar surface area (TPSA) is 9.23 Å². The molecule has 0 aliphatic heterocycles. The molecule has 0 aromatic carbocycles. The molecule has 0 amide bonds. The van der Waals surface area contributed by atoms with Gasteiger partial charge in [-0.15, -0.1) is 0 Å². The van der Waals surface area contributed by atoms with E-state index in [1.54, 1.807) is 13.0 Å². The van der Waals surface area contributed by atoms with Gasteiger partial charge in [-0.05, 0) is 25.5 Å². The predicted octanol–water partition coefficient (Wildman–Crippen LogP) is 4.21. The summed E-state index contributed by atoms with van der Waals surface area (Å²) < 4.78 is 30.8. The second-order valence-corrected chi connectivity index (χ2v) is 2.92. The molecule has 0 saturated heterocycles. The van der Waals surface area contributed by atoms with E-state index in [1.807, 2.05) is 0 Å². The molecule has 0 aromatic rings. The van der Waals surface area contributed by atoms with Crippen LogP contribution in [0.2, 0.25) is 0 Å². The van der Waals surface area contributed by atoms with Crippen LogP contribution in [-0.2, 0) is 4.74 Å². The number of hydrogen-bond donors (Lipinski definition) is 0. The number of rotatable bonds is 5. The van der Waals surface area contributed by atoms with E-state index in [9.17, 15) is 8.78 Å². The summed E-state index contributed by atoms with van der Waals surface area (Å²) in [4.78, 5) is 0. The lowest BCUT2D eigenvalue weighted by molar-refractivity contribution is 0.261. The van der Waals surface area contributed by atoms with Crippen LogP contribution >= 0.6 is 0 Å². The number of hydrogen-bond acceptors (Lipinski definition) is 1. The summed E-state index contributed by atoms with van der Waals surface area (Å²) in [5.74, 6) is -0.971. The van der Waals surface area contributed by atoms with E-state index < -0.39 is 11.7 Å². The zero-order valence-electron chi connectivity index (χ0n) is 9.31. The fourth-order valence-corrected chi connectivity index (χ4v) is 0.980. The van der Waals surface area contributed by atoms with E-state index in [-0.39, 0.29) is 12.2 Å². The monoisotopic (exact) mass is 214 g/mol. The lowest BCUT2D eigenvalue weighted by Crippen LogP contribution is -1.90. The Kier molecular flexibility index (Phi) is 6.34. The summed E-state index contributed by atoms with van der Waals surface area (Å²) in [5.41, 5.74) is 0.652. The van der Waals surface area contributed by atoms with E-state index in [2.05, 4.69) is 6.58 Å². The Balaban J connectivity index is 4.68. The van der Waals surface area contributed by atoms with Crippen LogP contribution in [-0.4, -0.2) is 7.11 Å². The van der Waals surface area contributed by atoms with Crippen molar-refractivity contribution in [2.45, 2.75) is 20.3 Å². The zero-order chi connectivity index (χ0) is 11.8. The summed E-state index contributed by atoms with van der Waals surface area (Å²) in [5, 5.41) is 0. The third-order valence-electron chi connectivity index (χ3n) is 1.85. The highest BCUT2D eigenvalue weighted by atomic mass is 19.1. The van der Waals surface area contributed by atoms with E-state index in [1.165, 1.54) is 26.2 Å². The first-order chi connectivity index (χ1) is 7.04. The first-order valence-corrected chi connectivity index (χ1v) is 4.59. The summed E-state index contributed by atoms with van der Waals surface area (Å²) >= 11 is 0. The second-order valence-electron chi connectivity index (χ2n) is 2.92. The Hall–Kier alpha value is -1.38. The Morgan fingerprint density at radius 2 is 2.00 bits per heavy atom. The van der Waals surface area contributed by atoms with Gasteiger partial charge in [-0.25, -0.2) is 8.78 Å². The van der Waals surface area contributed by atoms with Crippen molar-refractivity contribution < 1.29 is 13.5 Å². The average molecular weight is 214 g/mol. The van der Waals surface area contributed by atoms with Crippen LogP contribution in [0.25, 0.3) is 0 Å². The minimum Gasteiger partial charge on any atom is -0.498 e. The van der Waals surface area contributed by atoms with Gasteiger partial charge < -0.3 is 4.74 Å². The maximum Gasteiger partial charge on any atom is 0.135 e. The molecule has 0 radical (unpaired) electrons. The molecule has 3 heteroatoms. The Labute approximate surface area is 89.4 Å². The van der Waals surface area contributed by atoms with Crippen molar-refractivity contribution in [3.05, 3.63) is 47.8 Å². The normalized spacial score (nSPS) is 14.7. The van der Waals surface area contributed by atoms with Crippen molar-refractivity contribution in [3.8, 4) is 0 Å². The van der Waals surface area contributed by atoms with Gasteiger partial charge in [0.2, 0.25) is 0 Å². The Morgan fingerprint density at radius 3 is 2.33 bits per heavy atom.